The number of aryl methyl sites for hydroxylation is 1. The average molecular weight is 424 g/mol. The molecule has 9 heteroatoms. The van der Waals surface area contributed by atoms with E-state index >= 15 is 0 Å². The third kappa shape index (κ3) is 4.19. The summed E-state index contributed by atoms with van der Waals surface area (Å²) in [6.45, 7) is 4.40. The van der Waals surface area contributed by atoms with E-state index in [1.165, 1.54) is 23.9 Å². The van der Waals surface area contributed by atoms with Gasteiger partial charge in [-0.05, 0) is 44.2 Å². The van der Waals surface area contributed by atoms with Crippen LogP contribution in [0.25, 0.3) is 11.0 Å². The van der Waals surface area contributed by atoms with Crippen LogP contribution in [0.15, 0.2) is 52.5 Å². The minimum atomic E-state index is -3.80. The lowest BCUT2D eigenvalue weighted by molar-refractivity contribution is 0.0994. The van der Waals surface area contributed by atoms with Gasteiger partial charge >= 0.3 is 0 Å². The van der Waals surface area contributed by atoms with Gasteiger partial charge in [0, 0.05) is 17.1 Å². The Hall–Kier alpha value is -1.87. The van der Waals surface area contributed by atoms with E-state index in [1.54, 1.807) is 30.3 Å². The molecule has 27 heavy (non-hydrogen) atoms. The average Bonchev–Trinajstić information content (AvgIpc) is 2.96. The first-order valence-electron chi connectivity index (χ1n) is 8.20. The number of Topliss-reactive ketones (excluding diaryl/α,β-unsaturated/α-hetero) is 1. The molecule has 0 unspecified atom stereocenters. The Morgan fingerprint density at radius 3 is 2.67 bits per heavy atom. The number of imidazole rings is 1. The van der Waals surface area contributed by atoms with Gasteiger partial charge in [0.25, 0.3) is 0 Å². The van der Waals surface area contributed by atoms with Gasteiger partial charge in [0.15, 0.2) is 10.9 Å². The Morgan fingerprint density at radius 1 is 1.30 bits per heavy atom. The van der Waals surface area contributed by atoms with Crippen molar-refractivity contribution in [2.75, 3.05) is 0 Å². The summed E-state index contributed by atoms with van der Waals surface area (Å²) in [6.07, 6.45) is 0. The van der Waals surface area contributed by atoms with Crippen LogP contribution in [0.2, 0.25) is 5.02 Å². The first-order valence-corrected chi connectivity index (χ1v) is 11.0. The monoisotopic (exact) mass is 423 g/mol. The quantitative estimate of drug-likeness (QED) is 0.481. The number of rotatable bonds is 6. The van der Waals surface area contributed by atoms with E-state index in [0.29, 0.717) is 27.8 Å². The Kier molecular flexibility index (Phi) is 5.62. The van der Waals surface area contributed by atoms with Gasteiger partial charge in [-0.2, -0.15) is 0 Å². The van der Waals surface area contributed by atoms with Gasteiger partial charge in [-0.15, -0.1) is 0 Å². The smallest absolute Gasteiger partial charge is 0.238 e. The third-order valence-corrected chi connectivity index (χ3v) is 6.33. The first-order chi connectivity index (χ1) is 12.7. The van der Waals surface area contributed by atoms with Crippen molar-refractivity contribution in [2.45, 2.75) is 35.7 Å². The number of carbonyl (C=O) groups excluding carboxylic acids is 1. The summed E-state index contributed by atoms with van der Waals surface area (Å²) in [5.41, 5.74) is 1.85. The number of hydrogen-bond donors (Lipinski definition) is 1. The van der Waals surface area contributed by atoms with Crippen molar-refractivity contribution in [1.29, 1.82) is 0 Å². The largest absolute Gasteiger partial charge is 0.319 e. The molecule has 1 atom stereocenters. The number of nitrogens with zero attached hydrogens (tertiary/aromatic N) is 2. The van der Waals surface area contributed by atoms with Gasteiger partial charge in [-0.3, -0.25) is 4.79 Å². The summed E-state index contributed by atoms with van der Waals surface area (Å²) >= 11 is 7.29. The number of ketones is 1. The molecule has 142 valence electrons. The number of sulfonamides is 1. The molecular weight excluding hydrogens is 406 g/mol. The third-order valence-electron chi connectivity index (χ3n) is 4.09. The number of halogens is 1. The molecule has 0 bridgehead atoms. The van der Waals surface area contributed by atoms with E-state index in [9.17, 15) is 13.2 Å². The Labute approximate surface area is 166 Å². The molecule has 0 aliphatic rings. The van der Waals surface area contributed by atoms with Crippen LogP contribution in [0, 0.1) is 0 Å². The number of aromatic nitrogens is 2. The summed E-state index contributed by atoms with van der Waals surface area (Å²) in [6, 6.07) is 11.4. The number of fused-ring (bicyclic) bond motifs is 1. The summed E-state index contributed by atoms with van der Waals surface area (Å²) in [5, 5.41) is 5.96. The van der Waals surface area contributed by atoms with Crippen LogP contribution >= 0.6 is 23.4 Å². The fraction of sp³-hybridized carbons (Fsp3) is 0.222. The molecule has 2 N–H and O–H groups in total. The molecule has 0 saturated carbocycles. The summed E-state index contributed by atoms with van der Waals surface area (Å²) in [7, 11) is -3.80. The number of thioether (sulfide) groups is 1. The van der Waals surface area contributed by atoms with Crippen molar-refractivity contribution in [3.05, 3.63) is 53.1 Å². The van der Waals surface area contributed by atoms with E-state index in [2.05, 4.69) is 4.98 Å². The highest BCUT2D eigenvalue weighted by Gasteiger charge is 2.21. The molecule has 0 radical (unpaired) electrons. The van der Waals surface area contributed by atoms with Crippen LogP contribution in [0.5, 0.6) is 0 Å². The molecule has 0 amide bonds. The topological polar surface area (TPSA) is 95.0 Å². The normalized spacial score (nSPS) is 13.0. The molecule has 3 aromatic rings. The van der Waals surface area contributed by atoms with Gasteiger partial charge in [0.1, 0.15) is 0 Å². The molecule has 0 spiro atoms. The lowest BCUT2D eigenvalue weighted by atomic mass is 10.1. The van der Waals surface area contributed by atoms with Gasteiger partial charge in [0.05, 0.1) is 21.2 Å². The van der Waals surface area contributed by atoms with Crippen LogP contribution in [-0.2, 0) is 16.6 Å². The van der Waals surface area contributed by atoms with Crippen LogP contribution in [0.4, 0.5) is 0 Å². The second-order valence-electron chi connectivity index (χ2n) is 5.97. The molecule has 1 aromatic heterocycles. The summed E-state index contributed by atoms with van der Waals surface area (Å²) in [4.78, 5) is 17.2. The molecule has 2 aromatic carbocycles. The number of primary sulfonamides is 1. The zero-order valence-electron chi connectivity index (χ0n) is 14.7. The molecule has 0 aliphatic carbocycles. The molecule has 0 saturated heterocycles. The van der Waals surface area contributed by atoms with Crippen molar-refractivity contribution in [2.24, 2.45) is 5.14 Å². The SMILES string of the molecule is CCn1c(S[C@H](C)C(=O)c2cccc(Cl)c2)nc2cc(S(N)(=O)=O)ccc21. The summed E-state index contributed by atoms with van der Waals surface area (Å²) in [5.74, 6) is -0.0533. The van der Waals surface area contributed by atoms with Crippen LogP contribution in [0.3, 0.4) is 0 Å². The van der Waals surface area contributed by atoms with Gasteiger partial charge in [-0.25, -0.2) is 18.5 Å². The fourth-order valence-electron chi connectivity index (χ4n) is 2.75. The van der Waals surface area contributed by atoms with Crippen molar-refractivity contribution in [3.8, 4) is 0 Å². The van der Waals surface area contributed by atoms with Crippen LogP contribution in [-0.4, -0.2) is 29.0 Å². The molecule has 0 aliphatic heterocycles. The number of nitrogens with two attached hydrogens (primary N) is 1. The van der Waals surface area contributed by atoms with Crippen molar-refractivity contribution in [3.63, 3.8) is 0 Å². The Morgan fingerprint density at radius 2 is 2.04 bits per heavy atom. The van der Waals surface area contributed by atoms with Crippen molar-refractivity contribution >= 4 is 50.2 Å². The molecule has 1 heterocycles. The van der Waals surface area contributed by atoms with E-state index < -0.39 is 10.0 Å². The van der Waals surface area contributed by atoms with Gasteiger partial charge in [-0.1, -0.05) is 35.5 Å². The molecule has 3 rings (SSSR count). The zero-order chi connectivity index (χ0) is 19.8. The van der Waals surface area contributed by atoms with Crippen molar-refractivity contribution in [1.82, 2.24) is 9.55 Å². The number of hydrogen-bond acceptors (Lipinski definition) is 5. The highest BCUT2D eigenvalue weighted by Crippen LogP contribution is 2.30. The number of carbonyl (C=O) groups is 1. The van der Waals surface area contributed by atoms with Crippen LogP contribution in [0.1, 0.15) is 24.2 Å². The van der Waals surface area contributed by atoms with Crippen LogP contribution < -0.4 is 5.14 Å². The second-order valence-corrected chi connectivity index (χ2v) is 9.27. The minimum Gasteiger partial charge on any atom is -0.319 e. The minimum absolute atomic E-state index is 0.00959. The summed E-state index contributed by atoms with van der Waals surface area (Å²) < 4.78 is 25.1. The Balaban J connectivity index is 1.95. The lowest BCUT2D eigenvalue weighted by Gasteiger charge is -2.11. The van der Waals surface area contributed by atoms with E-state index in [4.69, 9.17) is 16.7 Å². The maximum absolute atomic E-state index is 12.7. The predicted molar refractivity (Wildman–Crippen MR) is 108 cm³/mol. The zero-order valence-corrected chi connectivity index (χ0v) is 17.1. The predicted octanol–water partition coefficient (Wildman–Crippen LogP) is 3.72. The molecule has 6 nitrogen and oxygen atoms in total. The second kappa shape index (κ2) is 7.63. The van der Waals surface area contributed by atoms with E-state index in [0.717, 1.165) is 5.52 Å². The fourth-order valence-corrected chi connectivity index (χ4v) is 4.54. The maximum Gasteiger partial charge on any atom is 0.238 e. The van der Waals surface area contributed by atoms with Gasteiger partial charge in [0.2, 0.25) is 10.0 Å². The lowest BCUT2D eigenvalue weighted by Crippen LogP contribution is -2.14. The molecule has 0 fully saturated rings. The van der Waals surface area contributed by atoms with E-state index in [1.807, 2.05) is 18.4 Å². The Bertz CT molecular complexity index is 1130. The molecular formula is C18H18ClN3O3S2. The standard InChI is InChI=1S/C18H18ClN3O3S2/c1-3-22-16-8-7-14(27(20,24)25)10-15(16)21-18(22)26-11(2)17(23)12-5-4-6-13(19)9-12/h4-11H,3H2,1-2H3,(H2,20,24,25)/t11-/m1/s1. The number of benzene rings is 2. The van der Waals surface area contributed by atoms with Gasteiger partial charge < -0.3 is 4.57 Å². The maximum atomic E-state index is 12.7. The van der Waals surface area contributed by atoms with E-state index in [-0.39, 0.29) is 15.9 Å². The first kappa shape index (κ1) is 19.9. The van der Waals surface area contributed by atoms with Crippen molar-refractivity contribution < 1.29 is 13.2 Å². The highest BCUT2D eigenvalue weighted by molar-refractivity contribution is 8.00. The highest BCUT2D eigenvalue weighted by atomic mass is 35.5.